The SMILES string of the molecule is O=C(NC1CC1)c1ccc(OCC2CCCN(C(=O)Cc3ccccc3Cl)C2)cc1. The lowest BCUT2D eigenvalue weighted by atomic mass is 9.98. The minimum atomic E-state index is -0.0241. The van der Waals surface area contributed by atoms with Crippen molar-refractivity contribution < 1.29 is 14.3 Å². The molecule has 0 aromatic heterocycles. The first kappa shape index (κ1) is 20.7. The molecule has 1 saturated heterocycles. The van der Waals surface area contributed by atoms with Crippen molar-refractivity contribution >= 4 is 23.4 Å². The quantitative estimate of drug-likeness (QED) is 0.725. The van der Waals surface area contributed by atoms with E-state index in [0.717, 1.165) is 43.5 Å². The van der Waals surface area contributed by atoms with Crippen LogP contribution in [0.5, 0.6) is 5.75 Å². The molecule has 1 heterocycles. The van der Waals surface area contributed by atoms with E-state index in [1.54, 1.807) is 12.1 Å². The van der Waals surface area contributed by atoms with Gasteiger partial charge in [0.05, 0.1) is 13.0 Å². The summed E-state index contributed by atoms with van der Waals surface area (Å²) in [7, 11) is 0. The van der Waals surface area contributed by atoms with E-state index >= 15 is 0 Å². The number of ether oxygens (including phenoxy) is 1. The molecule has 0 bridgehead atoms. The zero-order valence-electron chi connectivity index (χ0n) is 17.0. The molecule has 1 aliphatic carbocycles. The summed E-state index contributed by atoms with van der Waals surface area (Å²) in [5.74, 6) is 1.13. The fraction of sp³-hybridized carbons (Fsp3) is 0.417. The largest absolute Gasteiger partial charge is 0.493 e. The van der Waals surface area contributed by atoms with Crippen LogP contribution >= 0.6 is 11.6 Å². The Morgan fingerprint density at radius 2 is 1.83 bits per heavy atom. The summed E-state index contributed by atoms with van der Waals surface area (Å²) >= 11 is 6.20. The van der Waals surface area contributed by atoms with Gasteiger partial charge in [-0.15, -0.1) is 0 Å². The number of hydrogen-bond acceptors (Lipinski definition) is 3. The van der Waals surface area contributed by atoms with Crippen molar-refractivity contribution in [2.24, 2.45) is 5.92 Å². The lowest BCUT2D eigenvalue weighted by Crippen LogP contribution is -2.42. The van der Waals surface area contributed by atoms with Crippen LogP contribution in [0.1, 0.15) is 41.6 Å². The second kappa shape index (κ2) is 9.52. The van der Waals surface area contributed by atoms with Crippen LogP contribution < -0.4 is 10.1 Å². The van der Waals surface area contributed by atoms with Gasteiger partial charge in [0.1, 0.15) is 5.75 Å². The number of likely N-dealkylation sites (tertiary alicyclic amines) is 1. The highest BCUT2D eigenvalue weighted by molar-refractivity contribution is 6.31. The van der Waals surface area contributed by atoms with Crippen LogP contribution in [0.2, 0.25) is 5.02 Å². The molecular weight excluding hydrogens is 400 g/mol. The Morgan fingerprint density at radius 1 is 1.07 bits per heavy atom. The van der Waals surface area contributed by atoms with E-state index in [9.17, 15) is 9.59 Å². The zero-order chi connectivity index (χ0) is 20.9. The van der Waals surface area contributed by atoms with Crippen molar-refractivity contribution in [2.75, 3.05) is 19.7 Å². The van der Waals surface area contributed by atoms with Crippen molar-refractivity contribution in [2.45, 2.75) is 38.1 Å². The maximum absolute atomic E-state index is 12.7. The number of carbonyl (C=O) groups excluding carboxylic acids is 2. The number of rotatable bonds is 7. The van der Waals surface area contributed by atoms with E-state index in [2.05, 4.69) is 5.32 Å². The monoisotopic (exact) mass is 426 g/mol. The third-order valence-corrected chi connectivity index (χ3v) is 6.05. The molecular formula is C24H27ClN2O3. The van der Waals surface area contributed by atoms with E-state index in [1.165, 1.54) is 0 Å². The Balaban J connectivity index is 1.26. The maximum atomic E-state index is 12.7. The van der Waals surface area contributed by atoms with Crippen molar-refractivity contribution in [1.82, 2.24) is 10.2 Å². The van der Waals surface area contributed by atoms with Gasteiger partial charge in [-0.25, -0.2) is 0 Å². The molecule has 2 amide bonds. The third kappa shape index (κ3) is 5.54. The first-order valence-corrected chi connectivity index (χ1v) is 11.0. The van der Waals surface area contributed by atoms with Crippen molar-refractivity contribution in [1.29, 1.82) is 0 Å². The standard InChI is InChI=1S/C24H27ClN2O3/c25-22-6-2-1-5-19(22)14-23(28)27-13-3-4-17(15-27)16-30-21-11-7-18(8-12-21)24(29)26-20-9-10-20/h1-2,5-8,11-12,17,20H,3-4,9-10,13-16H2,(H,26,29). The zero-order valence-corrected chi connectivity index (χ0v) is 17.7. The average molecular weight is 427 g/mol. The molecule has 1 unspecified atom stereocenters. The smallest absolute Gasteiger partial charge is 0.251 e. The number of benzene rings is 2. The molecule has 2 aromatic carbocycles. The summed E-state index contributed by atoms with van der Waals surface area (Å²) < 4.78 is 5.95. The van der Waals surface area contributed by atoms with Gasteiger partial charge < -0.3 is 15.0 Å². The predicted octanol–water partition coefficient (Wildman–Crippen LogP) is 4.09. The molecule has 30 heavy (non-hydrogen) atoms. The molecule has 2 aromatic rings. The summed E-state index contributed by atoms with van der Waals surface area (Å²) in [5.41, 5.74) is 1.52. The first-order chi connectivity index (χ1) is 14.6. The Hall–Kier alpha value is -2.53. The number of nitrogens with one attached hydrogen (secondary N) is 1. The number of hydrogen-bond donors (Lipinski definition) is 1. The normalized spacial score (nSPS) is 18.7. The second-order valence-corrected chi connectivity index (χ2v) is 8.61. The molecule has 2 aliphatic rings. The van der Waals surface area contributed by atoms with Crippen LogP contribution in [-0.4, -0.2) is 42.5 Å². The van der Waals surface area contributed by atoms with Gasteiger partial charge in [0.15, 0.2) is 0 Å². The summed E-state index contributed by atoms with van der Waals surface area (Å²) in [5, 5.41) is 3.62. The molecule has 6 heteroatoms. The number of amides is 2. The van der Waals surface area contributed by atoms with Gasteiger partial charge in [0.2, 0.25) is 5.91 Å². The summed E-state index contributed by atoms with van der Waals surface area (Å²) in [6.45, 7) is 2.04. The highest BCUT2D eigenvalue weighted by Crippen LogP contribution is 2.23. The molecule has 1 aliphatic heterocycles. The van der Waals surface area contributed by atoms with Gasteiger partial charge in [0, 0.05) is 35.6 Å². The van der Waals surface area contributed by atoms with Gasteiger partial charge in [-0.2, -0.15) is 0 Å². The molecule has 4 rings (SSSR count). The summed E-state index contributed by atoms with van der Waals surface area (Å²) in [6, 6.07) is 15.1. The van der Waals surface area contributed by atoms with Gasteiger partial charge >= 0.3 is 0 Å². The van der Waals surface area contributed by atoms with Gasteiger partial charge in [-0.3, -0.25) is 9.59 Å². The minimum Gasteiger partial charge on any atom is -0.493 e. The Kier molecular flexibility index (Phi) is 6.58. The number of halogens is 1. The average Bonchev–Trinajstić information content (AvgIpc) is 3.58. The summed E-state index contributed by atoms with van der Waals surface area (Å²) in [4.78, 5) is 26.7. The van der Waals surface area contributed by atoms with Crippen LogP contribution in [0.15, 0.2) is 48.5 Å². The van der Waals surface area contributed by atoms with Crippen molar-refractivity contribution in [3.8, 4) is 5.75 Å². The topological polar surface area (TPSA) is 58.6 Å². The fourth-order valence-electron chi connectivity index (χ4n) is 3.76. The van der Waals surface area contributed by atoms with Crippen LogP contribution in [0.4, 0.5) is 0 Å². The molecule has 0 radical (unpaired) electrons. The minimum absolute atomic E-state index is 0.0241. The first-order valence-electron chi connectivity index (χ1n) is 10.6. The van der Waals surface area contributed by atoms with E-state index < -0.39 is 0 Å². The Bertz CT molecular complexity index is 896. The highest BCUT2D eigenvalue weighted by atomic mass is 35.5. The predicted molar refractivity (Wildman–Crippen MR) is 117 cm³/mol. The van der Waals surface area contributed by atoms with Crippen molar-refractivity contribution in [3.05, 3.63) is 64.7 Å². The van der Waals surface area contributed by atoms with Crippen LogP contribution in [0.3, 0.4) is 0 Å². The molecule has 2 fully saturated rings. The molecule has 5 nitrogen and oxygen atoms in total. The highest BCUT2D eigenvalue weighted by Gasteiger charge is 2.25. The van der Waals surface area contributed by atoms with Gasteiger partial charge in [-0.1, -0.05) is 29.8 Å². The second-order valence-electron chi connectivity index (χ2n) is 8.20. The lowest BCUT2D eigenvalue weighted by molar-refractivity contribution is -0.132. The Labute approximate surface area is 182 Å². The third-order valence-electron chi connectivity index (χ3n) is 5.69. The number of carbonyl (C=O) groups is 2. The van der Waals surface area contributed by atoms with Gasteiger partial charge in [0.25, 0.3) is 5.91 Å². The van der Waals surface area contributed by atoms with E-state index in [1.807, 2.05) is 41.3 Å². The maximum Gasteiger partial charge on any atom is 0.251 e. The van der Waals surface area contributed by atoms with Gasteiger partial charge in [-0.05, 0) is 61.6 Å². The van der Waals surface area contributed by atoms with E-state index in [0.29, 0.717) is 42.1 Å². The van der Waals surface area contributed by atoms with Crippen LogP contribution in [0, 0.1) is 5.92 Å². The number of piperidine rings is 1. The van der Waals surface area contributed by atoms with Crippen LogP contribution in [0.25, 0.3) is 0 Å². The molecule has 158 valence electrons. The molecule has 0 spiro atoms. The van der Waals surface area contributed by atoms with Crippen LogP contribution in [-0.2, 0) is 11.2 Å². The fourth-order valence-corrected chi connectivity index (χ4v) is 3.96. The molecule has 1 saturated carbocycles. The lowest BCUT2D eigenvalue weighted by Gasteiger charge is -2.33. The van der Waals surface area contributed by atoms with Crippen molar-refractivity contribution in [3.63, 3.8) is 0 Å². The number of nitrogens with zero attached hydrogens (tertiary/aromatic N) is 1. The molecule has 1 N–H and O–H groups in total. The Morgan fingerprint density at radius 3 is 2.57 bits per heavy atom. The van der Waals surface area contributed by atoms with E-state index in [-0.39, 0.29) is 11.8 Å². The summed E-state index contributed by atoms with van der Waals surface area (Å²) in [6.07, 6.45) is 4.50. The molecule has 1 atom stereocenters. The van der Waals surface area contributed by atoms with E-state index in [4.69, 9.17) is 16.3 Å².